The predicted octanol–water partition coefficient (Wildman–Crippen LogP) is 14.3. The summed E-state index contributed by atoms with van der Waals surface area (Å²) >= 11 is 5.62. The molecule has 0 N–H and O–H groups in total. The Morgan fingerprint density at radius 3 is 0.623 bits per heavy atom. The van der Waals surface area contributed by atoms with Crippen molar-refractivity contribution in [3.63, 3.8) is 0 Å². The van der Waals surface area contributed by atoms with Gasteiger partial charge in [-0.1, -0.05) is 151 Å². The van der Waals surface area contributed by atoms with Gasteiger partial charge in [0.05, 0.1) is 19.6 Å². The molecule has 4 aliphatic heterocycles. The van der Waals surface area contributed by atoms with Crippen molar-refractivity contribution in [2.24, 2.45) is 0 Å². The SMILES string of the molecule is CC.CC.CC.CC.F.FF.FF.O=C1/C(=C2/Sc3ccccc3C2=O)Sc2ccccc21.O=C1/C(=C2\Sc3ccccc3C2=O)Sc2ccccc21. The first kappa shape index (κ1) is 49.1. The quantitative estimate of drug-likeness (QED) is 0.129. The van der Waals surface area contributed by atoms with Gasteiger partial charge in [0.15, 0.2) is 0 Å². The Hall–Kier alpha value is -3.91. The molecule has 0 spiro atoms. The molecule has 4 aromatic rings. The lowest BCUT2D eigenvalue weighted by atomic mass is 10.1. The molecule has 0 saturated heterocycles. The maximum absolute atomic E-state index is 12.4. The van der Waals surface area contributed by atoms with E-state index >= 15 is 0 Å². The fourth-order valence-electron chi connectivity index (χ4n) is 4.69. The van der Waals surface area contributed by atoms with Crippen molar-refractivity contribution < 1.29 is 42.2 Å². The molecular formula is C40H41F5O4S4. The summed E-state index contributed by atoms with van der Waals surface area (Å²) in [5.74, 6) is -0.132. The van der Waals surface area contributed by atoms with Gasteiger partial charge in [0.2, 0.25) is 23.1 Å². The largest absolute Gasteiger partial charge is 0.288 e. The first-order chi connectivity index (χ1) is 25.5. The minimum absolute atomic E-state index is 0. The number of hydrogen-bond donors (Lipinski definition) is 0. The van der Waals surface area contributed by atoms with Gasteiger partial charge in [-0.05, 0) is 48.5 Å². The topological polar surface area (TPSA) is 68.3 Å². The van der Waals surface area contributed by atoms with E-state index in [2.05, 4.69) is 0 Å². The van der Waals surface area contributed by atoms with Crippen LogP contribution < -0.4 is 0 Å². The van der Waals surface area contributed by atoms with Crippen LogP contribution in [-0.2, 0) is 0 Å². The summed E-state index contributed by atoms with van der Waals surface area (Å²) in [4.78, 5) is 55.8. The van der Waals surface area contributed by atoms with Crippen LogP contribution in [0.5, 0.6) is 0 Å². The zero-order valence-corrected chi connectivity index (χ0v) is 33.7. The van der Waals surface area contributed by atoms with E-state index < -0.39 is 0 Å². The Bertz CT molecular complexity index is 1640. The fourth-order valence-corrected chi connectivity index (χ4v) is 9.29. The Kier molecular flexibility index (Phi) is 24.0. The minimum Gasteiger partial charge on any atom is -0.288 e. The maximum atomic E-state index is 12.4. The molecule has 0 amide bonds. The van der Waals surface area contributed by atoms with Gasteiger partial charge in [-0.15, -0.1) is 0 Å². The van der Waals surface area contributed by atoms with E-state index in [9.17, 15) is 19.2 Å². The van der Waals surface area contributed by atoms with Gasteiger partial charge in [0.25, 0.3) is 0 Å². The predicted molar refractivity (Wildman–Crippen MR) is 213 cm³/mol. The zero-order chi connectivity index (χ0) is 39.4. The van der Waals surface area contributed by atoms with E-state index in [-0.39, 0.29) is 27.8 Å². The van der Waals surface area contributed by atoms with Crippen molar-refractivity contribution >= 4 is 70.2 Å². The summed E-state index contributed by atoms with van der Waals surface area (Å²) in [5, 5.41) is 0. The van der Waals surface area contributed by atoms with Crippen molar-refractivity contribution in [2.45, 2.75) is 75.0 Å². The number of fused-ring (bicyclic) bond motifs is 4. The summed E-state index contributed by atoms with van der Waals surface area (Å²) in [6.07, 6.45) is 0. The molecule has 4 aromatic carbocycles. The number of Topliss-reactive ketones (excluding diaryl/α,β-unsaturated/α-hetero) is 4. The lowest BCUT2D eigenvalue weighted by Crippen LogP contribution is -2.01. The highest BCUT2D eigenvalue weighted by atomic mass is 32.2. The molecule has 0 bridgehead atoms. The third kappa shape index (κ3) is 11.1. The number of halogens is 5. The van der Waals surface area contributed by atoms with Crippen LogP contribution in [0.15, 0.2) is 136 Å². The first-order valence-electron chi connectivity index (χ1n) is 16.5. The average molecular weight is 809 g/mol. The average Bonchev–Trinajstić information content (AvgIpc) is 3.97. The van der Waals surface area contributed by atoms with Crippen molar-refractivity contribution in [3.05, 3.63) is 139 Å². The van der Waals surface area contributed by atoms with Crippen LogP contribution >= 0.6 is 47.0 Å². The van der Waals surface area contributed by atoms with E-state index in [1.165, 1.54) is 47.0 Å². The summed E-state index contributed by atoms with van der Waals surface area (Å²) in [6.45, 7) is 16.0. The first-order valence-corrected chi connectivity index (χ1v) is 19.8. The molecule has 4 heterocycles. The molecule has 284 valence electrons. The van der Waals surface area contributed by atoms with Crippen LogP contribution in [0.3, 0.4) is 0 Å². The normalized spacial score (nSPS) is 15.9. The summed E-state index contributed by atoms with van der Waals surface area (Å²) in [6, 6.07) is 30.0. The standard InChI is InChI=1S/2C16H8O2S2.4C2H6.2F2.FH/c2*17-13-9-5-1-3-7-11(9)19-15(13)16-14(18)10-6-2-4-8-12(10)20-16;6*1-2;/h2*1-8H;4*1-2H3;;;1H/b16-15+;16-15-;;;;;;;. The molecule has 13 heteroatoms. The third-order valence-corrected chi connectivity index (χ3v) is 11.5. The molecule has 0 unspecified atom stereocenters. The Morgan fingerprint density at radius 1 is 0.321 bits per heavy atom. The Balaban J connectivity index is 0.000000786. The number of benzene rings is 4. The van der Waals surface area contributed by atoms with Crippen LogP contribution in [0.4, 0.5) is 23.0 Å². The molecule has 53 heavy (non-hydrogen) atoms. The van der Waals surface area contributed by atoms with E-state index in [4.69, 9.17) is 18.3 Å². The van der Waals surface area contributed by atoms with Crippen molar-refractivity contribution in [2.75, 3.05) is 0 Å². The Morgan fingerprint density at radius 2 is 0.472 bits per heavy atom. The number of thioether (sulfide) groups is 4. The number of ketones is 4. The summed E-state index contributed by atoms with van der Waals surface area (Å²) < 4.78 is 32.0. The third-order valence-electron chi connectivity index (χ3n) is 6.61. The lowest BCUT2D eigenvalue weighted by Gasteiger charge is -1.98. The molecular weight excluding hydrogens is 768 g/mol. The Labute approximate surface area is 324 Å². The van der Waals surface area contributed by atoms with Crippen LogP contribution in [0.25, 0.3) is 0 Å². The number of allylic oxidation sites excluding steroid dienone is 4. The number of rotatable bonds is 0. The maximum Gasteiger partial charge on any atom is 0.202 e. The molecule has 0 radical (unpaired) electrons. The minimum atomic E-state index is -0.0331. The highest BCUT2D eigenvalue weighted by Gasteiger charge is 2.37. The second-order valence-corrected chi connectivity index (χ2v) is 13.2. The molecule has 0 aliphatic carbocycles. The molecule has 0 atom stereocenters. The van der Waals surface area contributed by atoms with Gasteiger partial charge < -0.3 is 0 Å². The molecule has 8 rings (SSSR count). The summed E-state index contributed by atoms with van der Waals surface area (Å²) in [7, 11) is 0. The van der Waals surface area contributed by atoms with Crippen LogP contribution in [0, 0.1) is 0 Å². The van der Waals surface area contributed by atoms with Crippen molar-refractivity contribution in [1.82, 2.24) is 0 Å². The van der Waals surface area contributed by atoms with Crippen LogP contribution in [-0.4, -0.2) is 23.1 Å². The number of carbonyl (C=O) groups excluding carboxylic acids is 4. The van der Waals surface area contributed by atoms with Crippen LogP contribution in [0.2, 0.25) is 0 Å². The monoisotopic (exact) mass is 808 g/mol. The summed E-state index contributed by atoms with van der Waals surface area (Å²) in [5.41, 5.74) is 2.79. The molecule has 4 aliphatic rings. The molecule has 0 aromatic heterocycles. The van der Waals surface area contributed by atoms with Gasteiger partial charge in [0.1, 0.15) is 0 Å². The van der Waals surface area contributed by atoms with Crippen LogP contribution in [0.1, 0.15) is 96.8 Å². The smallest absolute Gasteiger partial charge is 0.202 e. The van der Waals surface area contributed by atoms with E-state index in [0.717, 1.165) is 19.6 Å². The molecule has 0 saturated carbocycles. The number of hydrogen-bond acceptors (Lipinski definition) is 8. The van der Waals surface area contributed by atoms with E-state index in [0.29, 0.717) is 41.9 Å². The highest BCUT2D eigenvalue weighted by Crippen LogP contribution is 2.50. The van der Waals surface area contributed by atoms with E-state index in [1.54, 1.807) is 0 Å². The molecule has 0 fully saturated rings. The lowest BCUT2D eigenvalue weighted by molar-refractivity contribution is 0.101. The van der Waals surface area contributed by atoms with Gasteiger partial charge >= 0.3 is 0 Å². The van der Waals surface area contributed by atoms with Gasteiger partial charge in [0, 0.05) is 60.1 Å². The van der Waals surface area contributed by atoms with E-state index in [1.807, 2.05) is 152 Å². The second-order valence-electron chi connectivity index (χ2n) is 9.03. The van der Waals surface area contributed by atoms with Gasteiger partial charge in [-0.2, -0.15) is 0 Å². The van der Waals surface area contributed by atoms with Crippen molar-refractivity contribution in [3.8, 4) is 0 Å². The van der Waals surface area contributed by atoms with Gasteiger partial charge in [-0.3, -0.25) is 23.9 Å². The van der Waals surface area contributed by atoms with Crippen molar-refractivity contribution in [1.29, 1.82) is 0 Å². The zero-order valence-electron chi connectivity index (χ0n) is 30.4. The number of carbonyl (C=O) groups is 4. The second kappa shape index (κ2) is 26.0. The fraction of sp³-hybridized carbons (Fsp3) is 0.200. The van der Waals surface area contributed by atoms with Gasteiger partial charge in [-0.25, -0.2) is 0 Å². The molecule has 4 nitrogen and oxygen atoms in total. The highest BCUT2D eigenvalue weighted by molar-refractivity contribution is 8.09.